The van der Waals surface area contributed by atoms with Gasteiger partial charge >= 0.3 is 5.97 Å². The number of aliphatic carboxylic acids is 1. The first-order valence-corrected chi connectivity index (χ1v) is 5.61. The molecule has 84 valence electrons. The van der Waals surface area contributed by atoms with Crippen molar-refractivity contribution < 1.29 is 14.7 Å². The van der Waals surface area contributed by atoms with E-state index in [9.17, 15) is 9.59 Å². The van der Waals surface area contributed by atoms with E-state index in [-0.39, 0.29) is 23.8 Å². The van der Waals surface area contributed by atoms with Crippen LogP contribution in [0.25, 0.3) is 0 Å². The van der Waals surface area contributed by atoms with Crippen molar-refractivity contribution in [1.29, 1.82) is 0 Å². The molecule has 2 unspecified atom stereocenters. The van der Waals surface area contributed by atoms with Gasteiger partial charge in [0.2, 0.25) is 5.91 Å². The molecule has 0 spiro atoms. The van der Waals surface area contributed by atoms with Gasteiger partial charge in [-0.05, 0) is 31.6 Å². The Hall–Kier alpha value is -1.06. The first-order valence-electron chi connectivity index (χ1n) is 5.61. The van der Waals surface area contributed by atoms with Gasteiger partial charge in [0, 0.05) is 12.0 Å². The van der Waals surface area contributed by atoms with Crippen LogP contribution in [0.2, 0.25) is 0 Å². The van der Waals surface area contributed by atoms with E-state index < -0.39 is 5.97 Å². The van der Waals surface area contributed by atoms with Crippen LogP contribution < -0.4 is 5.32 Å². The first-order chi connectivity index (χ1) is 7.08. The molecule has 2 rings (SSSR count). The molecule has 1 amide bonds. The van der Waals surface area contributed by atoms with Crippen molar-refractivity contribution in [2.75, 3.05) is 0 Å². The van der Waals surface area contributed by atoms with Gasteiger partial charge in [-0.1, -0.05) is 6.92 Å². The number of rotatable bonds is 3. The van der Waals surface area contributed by atoms with E-state index >= 15 is 0 Å². The molecule has 0 aromatic heterocycles. The van der Waals surface area contributed by atoms with Gasteiger partial charge in [-0.15, -0.1) is 0 Å². The Balaban J connectivity index is 1.77. The molecule has 2 fully saturated rings. The molecule has 0 heterocycles. The lowest BCUT2D eigenvalue weighted by molar-refractivity contribution is -0.141. The summed E-state index contributed by atoms with van der Waals surface area (Å²) in [6.07, 6.45) is 3.09. The molecule has 2 aliphatic rings. The van der Waals surface area contributed by atoms with Gasteiger partial charge in [0.25, 0.3) is 0 Å². The number of hydrogen-bond acceptors (Lipinski definition) is 2. The lowest BCUT2D eigenvalue weighted by atomic mass is 10.1. The third-order valence-electron chi connectivity index (χ3n) is 3.57. The largest absolute Gasteiger partial charge is 0.481 e. The number of amides is 1. The summed E-state index contributed by atoms with van der Waals surface area (Å²) in [5.41, 5.74) is 0. The van der Waals surface area contributed by atoms with E-state index in [0.717, 1.165) is 12.8 Å². The molecule has 0 bridgehead atoms. The summed E-state index contributed by atoms with van der Waals surface area (Å²) in [6, 6.07) is 0.0893. The molecule has 0 radical (unpaired) electrons. The maximum absolute atomic E-state index is 11.6. The van der Waals surface area contributed by atoms with Crippen LogP contribution in [-0.2, 0) is 9.59 Å². The van der Waals surface area contributed by atoms with Crippen LogP contribution in [0, 0.1) is 17.8 Å². The van der Waals surface area contributed by atoms with Gasteiger partial charge in [0.05, 0.1) is 5.92 Å². The molecule has 15 heavy (non-hydrogen) atoms. The predicted octanol–water partition coefficient (Wildman–Crippen LogP) is 1.01. The smallest absolute Gasteiger partial charge is 0.306 e. The monoisotopic (exact) mass is 211 g/mol. The molecule has 2 aliphatic carbocycles. The van der Waals surface area contributed by atoms with Crippen molar-refractivity contribution in [3.05, 3.63) is 0 Å². The van der Waals surface area contributed by atoms with E-state index in [0.29, 0.717) is 18.8 Å². The van der Waals surface area contributed by atoms with Crippen LogP contribution in [0.3, 0.4) is 0 Å². The minimum Gasteiger partial charge on any atom is -0.481 e. The van der Waals surface area contributed by atoms with E-state index in [1.165, 1.54) is 0 Å². The highest BCUT2D eigenvalue weighted by Crippen LogP contribution is 2.38. The van der Waals surface area contributed by atoms with Crippen LogP contribution in [0.4, 0.5) is 0 Å². The van der Waals surface area contributed by atoms with Crippen LogP contribution in [0.15, 0.2) is 0 Å². The molecule has 0 aromatic rings. The summed E-state index contributed by atoms with van der Waals surface area (Å²) < 4.78 is 0. The fourth-order valence-corrected chi connectivity index (χ4v) is 2.33. The second kappa shape index (κ2) is 3.83. The second-order valence-corrected chi connectivity index (χ2v) is 4.87. The van der Waals surface area contributed by atoms with Crippen molar-refractivity contribution in [2.45, 2.75) is 38.6 Å². The Bertz CT molecular complexity index is 290. The molecule has 0 saturated heterocycles. The van der Waals surface area contributed by atoms with E-state index in [4.69, 9.17) is 5.11 Å². The highest BCUT2D eigenvalue weighted by atomic mass is 16.4. The highest BCUT2D eigenvalue weighted by Gasteiger charge is 2.40. The van der Waals surface area contributed by atoms with Crippen molar-refractivity contribution in [3.63, 3.8) is 0 Å². The highest BCUT2D eigenvalue weighted by molar-refractivity contribution is 5.81. The molecular weight excluding hydrogens is 194 g/mol. The normalized spacial score (nSPS) is 38.7. The Morgan fingerprint density at radius 2 is 1.93 bits per heavy atom. The van der Waals surface area contributed by atoms with E-state index in [1.54, 1.807) is 0 Å². The topological polar surface area (TPSA) is 66.4 Å². The first kappa shape index (κ1) is 10.5. The van der Waals surface area contributed by atoms with Gasteiger partial charge in [-0.2, -0.15) is 0 Å². The SMILES string of the molecule is CC1CC1C(=O)N[C@H]1CC[C@@H](C(=O)O)C1. The quantitative estimate of drug-likeness (QED) is 0.732. The maximum atomic E-state index is 11.6. The van der Waals surface area contributed by atoms with Gasteiger partial charge < -0.3 is 10.4 Å². The summed E-state index contributed by atoms with van der Waals surface area (Å²) in [5, 5.41) is 11.8. The van der Waals surface area contributed by atoms with Crippen molar-refractivity contribution >= 4 is 11.9 Å². The summed E-state index contributed by atoms with van der Waals surface area (Å²) in [5.74, 6) is -0.160. The number of carbonyl (C=O) groups is 2. The Kier molecular flexibility index (Phi) is 2.67. The molecular formula is C11H17NO3. The van der Waals surface area contributed by atoms with Gasteiger partial charge in [0.1, 0.15) is 0 Å². The van der Waals surface area contributed by atoms with Crippen molar-refractivity contribution in [2.24, 2.45) is 17.8 Å². The molecule has 4 atom stereocenters. The van der Waals surface area contributed by atoms with Crippen molar-refractivity contribution in [1.82, 2.24) is 5.32 Å². The third-order valence-corrected chi connectivity index (χ3v) is 3.57. The van der Waals surface area contributed by atoms with Gasteiger partial charge in [0.15, 0.2) is 0 Å². The molecule has 2 N–H and O–H groups in total. The van der Waals surface area contributed by atoms with E-state index in [1.807, 2.05) is 0 Å². The number of hydrogen-bond donors (Lipinski definition) is 2. The third kappa shape index (κ3) is 2.30. The fourth-order valence-electron chi connectivity index (χ4n) is 2.33. The van der Waals surface area contributed by atoms with E-state index in [2.05, 4.69) is 12.2 Å². The molecule has 4 heteroatoms. The van der Waals surface area contributed by atoms with Crippen LogP contribution in [-0.4, -0.2) is 23.0 Å². The number of carbonyl (C=O) groups excluding carboxylic acids is 1. The lowest BCUT2D eigenvalue weighted by Gasteiger charge is -2.11. The van der Waals surface area contributed by atoms with Crippen molar-refractivity contribution in [3.8, 4) is 0 Å². The Morgan fingerprint density at radius 1 is 1.27 bits per heavy atom. The second-order valence-electron chi connectivity index (χ2n) is 4.87. The number of nitrogens with one attached hydrogen (secondary N) is 1. The van der Waals surface area contributed by atoms with Crippen LogP contribution in [0.1, 0.15) is 32.6 Å². The summed E-state index contributed by atoms with van der Waals surface area (Å²) in [4.78, 5) is 22.3. The molecule has 4 nitrogen and oxygen atoms in total. The minimum absolute atomic E-state index is 0.0893. The van der Waals surface area contributed by atoms with Crippen LogP contribution >= 0.6 is 0 Å². The Morgan fingerprint density at radius 3 is 2.40 bits per heavy atom. The summed E-state index contributed by atoms with van der Waals surface area (Å²) in [7, 11) is 0. The zero-order valence-corrected chi connectivity index (χ0v) is 8.90. The zero-order chi connectivity index (χ0) is 11.0. The summed E-state index contributed by atoms with van der Waals surface area (Å²) >= 11 is 0. The zero-order valence-electron chi connectivity index (χ0n) is 8.90. The average Bonchev–Trinajstić information content (AvgIpc) is 2.73. The van der Waals surface area contributed by atoms with Crippen LogP contribution in [0.5, 0.6) is 0 Å². The Labute approximate surface area is 89.0 Å². The number of carboxylic acid groups (broad SMARTS) is 1. The summed E-state index contributed by atoms with van der Waals surface area (Å²) in [6.45, 7) is 2.07. The fraction of sp³-hybridized carbons (Fsp3) is 0.818. The van der Waals surface area contributed by atoms with Gasteiger partial charge in [-0.3, -0.25) is 9.59 Å². The van der Waals surface area contributed by atoms with Gasteiger partial charge in [-0.25, -0.2) is 0 Å². The number of carboxylic acids is 1. The lowest BCUT2D eigenvalue weighted by Crippen LogP contribution is -2.34. The molecule has 0 aromatic carbocycles. The minimum atomic E-state index is -0.730. The average molecular weight is 211 g/mol. The maximum Gasteiger partial charge on any atom is 0.306 e. The molecule has 2 saturated carbocycles. The molecule has 0 aliphatic heterocycles. The predicted molar refractivity (Wildman–Crippen MR) is 54.2 cm³/mol. The standard InChI is InChI=1S/C11H17NO3/c1-6-4-9(6)10(13)12-8-3-2-7(5-8)11(14)15/h6-9H,2-5H2,1H3,(H,12,13)(H,14,15)/t6?,7-,8+,9?/m1/s1.